The third kappa shape index (κ3) is 2.61. The van der Waals surface area contributed by atoms with Crippen molar-refractivity contribution < 1.29 is 0 Å². The van der Waals surface area contributed by atoms with Crippen molar-refractivity contribution in [2.45, 2.75) is 20.8 Å². The Labute approximate surface area is 109 Å². The molecule has 4 nitrogen and oxygen atoms in total. The Morgan fingerprint density at radius 3 is 2.18 bits per heavy atom. The summed E-state index contributed by atoms with van der Waals surface area (Å²) in [6.07, 6.45) is 0. The summed E-state index contributed by atoms with van der Waals surface area (Å²) in [5, 5.41) is 12.5. The molecule has 0 N–H and O–H groups in total. The minimum Gasteiger partial charge on any atom is -0.202 e. The summed E-state index contributed by atoms with van der Waals surface area (Å²) in [6.45, 7) is 5.75. The Morgan fingerprint density at radius 1 is 1.12 bits per heavy atom. The van der Waals surface area contributed by atoms with E-state index < -0.39 is 0 Å². The van der Waals surface area contributed by atoms with Crippen molar-refractivity contribution in [2.24, 2.45) is 5.10 Å². The molecule has 0 radical (unpaired) electrons. The van der Waals surface area contributed by atoms with E-state index in [9.17, 15) is 0 Å². The molecule has 0 saturated heterocycles. The van der Waals surface area contributed by atoms with Gasteiger partial charge in [0.1, 0.15) is 0 Å². The molecule has 0 unspecified atom stereocenters. The van der Waals surface area contributed by atoms with Gasteiger partial charge in [0.05, 0.1) is 5.71 Å². The molecule has 0 aliphatic carbocycles. The van der Waals surface area contributed by atoms with Crippen molar-refractivity contribution in [1.29, 1.82) is 0 Å². The van der Waals surface area contributed by atoms with Gasteiger partial charge in [-0.15, -0.1) is 10.2 Å². The molecule has 0 aliphatic heterocycles. The van der Waals surface area contributed by atoms with Crippen LogP contribution >= 0.6 is 15.9 Å². The fourth-order valence-corrected chi connectivity index (χ4v) is 1.77. The average molecular weight is 293 g/mol. The van der Waals surface area contributed by atoms with Crippen LogP contribution in [0.3, 0.4) is 0 Å². The quantitative estimate of drug-likeness (QED) is 0.799. The van der Waals surface area contributed by atoms with Crippen LogP contribution in [-0.2, 0) is 0 Å². The molecule has 0 bridgehead atoms. The second kappa shape index (κ2) is 4.79. The summed E-state index contributed by atoms with van der Waals surface area (Å²) in [7, 11) is 0. The first kappa shape index (κ1) is 12.0. The molecule has 1 heterocycles. The normalized spacial score (nSPS) is 11.9. The van der Waals surface area contributed by atoms with Gasteiger partial charge >= 0.3 is 0 Å². The molecule has 0 atom stereocenters. The summed E-state index contributed by atoms with van der Waals surface area (Å²) in [4.78, 5) is 0. The zero-order valence-electron chi connectivity index (χ0n) is 9.98. The topological polar surface area (TPSA) is 43.1 Å². The highest BCUT2D eigenvalue weighted by Crippen LogP contribution is 2.12. The first-order chi connectivity index (χ1) is 8.08. The van der Waals surface area contributed by atoms with Crippen LogP contribution < -0.4 is 0 Å². The number of aryl methyl sites for hydroxylation is 2. The second-order valence-corrected chi connectivity index (χ2v) is 4.71. The van der Waals surface area contributed by atoms with Crippen molar-refractivity contribution in [2.75, 3.05) is 0 Å². The molecule has 5 heteroatoms. The summed E-state index contributed by atoms with van der Waals surface area (Å²) < 4.78 is 2.81. The highest BCUT2D eigenvalue weighted by atomic mass is 79.9. The molecular formula is C12H13BrN4. The monoisotopic (exact) mass is 292 g/mol. The van der Waals surface area contributed by atoms with Gasteiger partial charge in [0.25, 0.3) is 0 Å². The zero-order valence-corrected chi connectivity index (χ0v) is 11.6. The Balaban J connectivity index is 2.37. The van der Waals surface area contributed by atoms with Crippen molar-refractivity contribution in [3.05, 3.63) is 46.0 Å². The van der Waals surface area contributed by atoms with E-state index in [1.54, 1.807) is 4.68 Å². The maximum atomic E-state index is 4.51. The number of benzene rings is 1. The van der Waals surface area contributed by atoms with Gasteiger partial charge in [-0.25, -0.2) is 4.68 Å². The molecule has 2 aromatic rings. The average Bonchev–Trinajstić information content (AvgIpc) is 2.61. The van der Waals surface area contributed by atoms with E-state index in [-0.39, 0.29) is 0 Å². The van der Waals surface area contributed by atoms with Crippen molar-refractivity contribution in [3.63, 3.8) is 0 Å². The van der Waals surface area contributed by atoms with Crippen molar-refractivity contribution in [3.8, 4) is 0 Å². The fourth-order valence-electron chi connectivity index (χ4n) is 1.51. The Morgan fingerprint density at radius 2 is 1.65 bits per heavy atom. The van der Waals surface area contributed by atoms with Gasteiger partial charge in [-0.2, -0.15) is 5.10 Å². The van der Waals surface area contributed by atoms with E-state index in [0.717, 1.165) is 27.4 Å². The summed E-state index contributed by atoms with van der Waals surface area (Å²) in [5.74, 6) is 1.58. The van der Waals surface area contributed by atoms with Gasteiger partial charge in [-0.05, 0) is 38.5 Å². The van der Waals surface area contributed by atoms with Gasteiger partial charge in [0.15, 0.2) is 11.6 Å². The Hall–Kier alpha value is -1.49. The lowest BCUT2D eigenvalue weighted by atomic mass is 10.1. The maximum Gasteiger partial charge on any atom is 0.151 e. The Bertz CT molecular complexity index is 535. The molecule has 0 saturated carbocycles. The predicted octanol–water partition coefficient (Wildman–Crippen LogP) is 2.93. The summed E-state index contributed by atoms with van der Waals surface area (Å²) in [5.41, 5.74) is 2.02. The number of rotatable bonds is 2. The van der Waals surface area contributed by atoms with Crippen LogP contribution in [0.1, 0.15) is 24.1 Å². The van der Waals surface area contributed by atoms with Gasteiger partial charge in [0.2, 0.25) is 0 Å². The summed E-state index contributed by atoms with van der Waals surface area (Å²) >= 11 is 3.41. The molecule has 0 spiro atoms. The zero-order chi connectivity index (χ0) is 12.4. The van der Waals surface area contributed by atoms with Crippen molar-refractivity contribution in [1.82, 2.24) is 14.9 Å². The molecule has 1 aromatic carbocycles. The molecule has 17 heavy (non-hydrogen) atoms. The number of hydrogen-bond donors (Lipinski definition) is 0. The fraction of sp³-hybridized carbons (Fsp3) is 0.250. The minimum absolute atomic E-state index is 0.791. The predicted molar refractivity (Wildman–Crippen MR) is 71.2 cm³/mol. The van der Waals surface area contributed by atoms with E-state index in [2.05, 4.69) is 31.2 Å². The van der Waals surface area contributed by atoms with Crippen LogP contribution in [0.4, 0.5) is 0 Å². The largest absolute Gasteiger partial charge is 0.202 e. The standard InChI is InChI=1S/C12H13BrN4/c1-8(11-4-6-12(13)7-5-11)16-17-9(2)14-15-10(17)3/h4-7H,1-3H3/b16-8-. The number of hydrogen-bond acceptors (Lipinski definition) is 3. The lowest BCUT2D eigenvalue weighted by Gasteiger charge is -2.03. The molecule has 0 amide bonds. The first-order valence-corrected chi connectivity index (χ1v) is 6.07. The van der Waals surface area contributed by atoms with Crippen LogP contribution in [0.25, 0.3) is 0 Å². The molecule has 88 valence electrons. The van der Waals surface area contributed by atoms with Gasteiger partial charge in [0, 0.05) is 4.47 Å². The minimum atomic E-state index is 0.791. The van der Waals surface area contributed by atoms with Crippen LogP contribution in [-0.4, -0.2) is 20.6 Å². The lowest BCUT2D eigenvalue weighted by Crippen LogP contribution is -2.02. The third-order valence-corrected chi connectivity index (χ3v) is 2.99. The highest BCUT2D eigenvalue weighted by Gasteiger charge is 2.04. The van der Waals surface area contributed by atoms with E-state index in [0.29, 0.717) is 0 Å². The highest BCUT2D eigenvalue weighted by molar-refractivity contribution is 9.10. The number of aromatic nitrogens is 3. The molecular weight excluding hydrogens is 280 g/mol. The van der Waals surface area contributed by atoms with Crippen LogP contribution in [0.15, 0.2) is 33.8 Å². The van der Waals surface area contributed by atoms with Crippen LogP contribution in [0.2, 0.25) is 0 Å². The number of nitrogens with zero attached hydrogens (tertiary/aromatic N) is 4. The van der Waals surface area contributed by atoms with Gasteiger partial charge in [-0.3, -0.25) is 0 Å². The Kier molecular flexibility index (Phi) is 3.38. The molecule has 2 rings (SSSR count). The molecule has 0 fully saturated rings. The van der Waals surface area contributed by atoms with Gasteiger partial charge in [-0.1, -0.05) is 28.1 Å². The molecule has 0 aliphatic rings. The van der Waals surface area contributed by atoms with E-state index >= 15 is 0 Å². The first-order valence-electron chi connectivity index (χ1n) is 5.28. The summed E-state index contributed by atoms with van der Waals surface area (Å²) in [6, 6.07) is 8.05. The maximum absolute atomic E-state index is 4.51. The van der Waals surface area contributed by atoms with E-state index in [4.69, 9.17) is 0 Å². The van der Waals surface area contributed by atoms with Crippen LogP contribution in [0, 0.1) is 13.8 Å². The molecule has 1 aromatic heterocycles. The smallest absolute Gasteiger partial charge is 0.151 e. The van der Waals surface area contributed by atoms with Gasteiger partial charge < -0.3 is 0 Å². The van der Waals surface area contributed by atoms with E-state index in [1.807, 2.05) is 45.0 Å². The van der Waals surface area contributed by atoms with Crippen LogP contribution in [0.5, 0.6) is 0 Å². The second-order valence-electron chi connectivity index (χ2n) is 3.80. The van der Waals surface area contributed by atoms with Crippen molar-refractivity contribution >= 4 is 21.6 Å². The SMILES string of the molecule is C/C(=N/n1c(C)nnc1C)c1ccc(Br)cc1. The third-order valence-electron chi connectivity index (χ3n) is 2.46. The lowest BCUT2D eigenvalue weighted by molar-refractivity contribution is 0.793. The van der Waals surface area contributed by atoms with E-state index in [1.165, 1.54) is 0 Å². The number of halogens is 1.